The highest BCUT2D eigenvalue weighted by Gasteiger charge is 2.34. The van der Waals surface area contributed by atoms with E-state index in [1.54, 1.807) is 42.7 Å². The Morgan fingerprint density at radius 2 is 1.67 bits per heavy atom. The van der Waals surface area contributed by atoms with Crippen LogP contribution in [-0.4, -0.2) is 21.9 Å². The second-order valence-corrected chi connectivity index (χ2v) is 9.14. The van der Waals surface area contributed by atoms with E-state index in [4.69, 9.17) is 17.0 Å². The van der Waals surface area contributed by atoms with Gasteiger partial charge in [0.25, 0.3) is 11.8 Å². The van der Waals surface area contributed by atoms with Gasteiger partial charge in [0.2, 0.25) is 0 Å². The van der Waals surface area contributed by atoms with Crippen molar-refractivity contribution in [2.75, 3.05) is 4.90 Å². The predicted octanol–water partition coefficient (Wildman–Crippen LogP) is 6.13. The minimum Gasteiger partial charge on any atom is -0.457 e. The number of ether oxygens (including phenoxy) is 1. The number of hydrogen-bond donors (Lipinski definition) is 1. The molecule has 4 aromatic rings. The molecule has 0 radical (unpaired) electrons. The largest absolute Gasteiger partial charge is 0.457 e. The van der Waals surface area contributed by atoms with E-state index in [0.29, 0.717) is 22.7 Å². The number of anilines is 1. The van der Waals surface area contributed by atoms with Crippen LogP contribution in [0.2, 0.25) is 0 Å². The van der Waals surface area contributed by atoms with Crippen LogP contribution in [-0.2, 0) is 9.59 Å². The zero-order valence-corrected chi connectivity index (χ0v) is 21.1. The Labute approximate surface area is 221 Å². The van der Waals surface area contributed by atoms with Crippen LogP contribution in [0.1, 0.15) is 5.56 Å². The summed E-state index contributed by atoms with van der Waals surface area (Å²) < 4.78 is 6.74. The number of carbonyl (C=O) groups excluding carboxylic acids is 2. The number of nitrogens with one attached hydrogen (secondary N) is 1. The molecule has 0 bridgehead atoms. The fourth-order valence-electron chi connectivity index (χ4n) is 3.78. The van der Waals surface area contributed by atoms with E-state index in [0.717, 1.165) is 15.6 Å². The van der Waals surface area contributed by atoms with Gasteiger partial charge < -0.3 is 4.74 Å². The molecule has 1 N–H and O–H groups in total. The smallest absolute Gasteiger partial charge is 0.270 e. The third-order valence-electron chi connectivity index (χ3n) is 5.46. The third kappa shape index (κ3) is 4.95. The highest BCUT2D eigenvalue weighted by molar-refractivity contribution is 9.10. The molecule has 0 aliphatic carbocycles. The Balaban J connectivity index is 1.46. The summed E-state index contributed by atoms with van der Waals surface area (Å²) in [7, 11) is 0. The molecular formula is C28H18BrN3O3S. The average molecular weight is 556 g/mol. The Kier molecular flexibility index (Phi) is 6.71. The summed E-state index contributed by atoms with van der Waals surface area (Å²) in [6, 6.07) is 25.9. The molecule has 5 rings (SSSR count). The van der Waals surface area contributed by atoms with Gasteiger partial charge in [0, 0.05) is 22.4 Å². The van der Waals surface area contributed by atoms with Crippen LogP contribution in [0.4, 0.5) is 5.69 Å². The molecule has 8 heteroatoms. The quantitative estimate of drug-likeness (QED) is 0.182. The maximum atomic E-state index is 13.5. The second-order valence-electron chi connectivity index (χ2n) is 7.84. The van der Waals surface area contributed by atoms with Crippen molar-refractivity contribution in [3.63, 3.8) is 0 Å². The first-order chi connectivity index (χ1) is 17.5. The van der Waals surface area contributed by atoms with Gasteiger partial charge in [-0.2, -0.15) is 0 Å². The zero-order valence-electron chi connectivity index (χ0n) is 18.7. The summed E-state index contributed by atoms with van der Waals surface area (Å²) in [6.45, 7) is 0. The Morgan fingerprint density at radius 1 is 0.917 bits per heavy atom. The van der Waals surface area contributed by atoms with E-state index in [1.807, 2.05) is 60.7 Å². The van der Waals surface area contributed by atoms with Gasteiger partial charge in [0.1, 0.15) is 17.1 Å². The number of thiocarbonyl (C=S) groups is 1. The van der Waals surface area contributed by atoms with Crippen LogP contribution in [0, 0.1) is 0 Å². The molecule has 6 nitrogen and oxygen atoms in total. The van der Waals surface area contributed by atoms with Gasteiger partial charge in [-0.05, 0) is 84.0 Å². The number of carbonyl (C=O) groups is 2. The lowest BCUT2D eigenvalue weighted by molar-refractivity contribution is -0.122. The molecule has 0 unspecified atom stereocenters. The highest BCUT2D eigenvalue weighted by atomic mass is 79.9. The number of aromatic nitrogens is 1. The van der Waals surface area contributed by atoms with Crippen molar-refractivity contribution in [2.24, 2.45) is 0 Å². The highest BCUT2D eigenvalue weighted by Crippen LogP contribution is 2.30. The van der Waals surface area contributed by atoms with Gasteiger partial charge in [-0.3, -0.25) is 24.8 Å². The van der Waals surface area contributed by atoms with Crippen molar-refractivity contribution in [2.45, 2.75) is 0 Å². The van der Waals surface area contributed by atoms with E-state index in [9.17, 15) is 9.59 Å². The molecule has 1 aromatic heterocycles. The fourth-order valence-corrected chi connectivity index (χ4v) is 4.46. The van der Waals surface area contributed by atoms with Gasteiger partial charge in [0.05, 0.1) is 5.69 Å². The zero-order chi connectivity index (χ0) is 25.1. The Hall–Kier alpha value is -4.14. The lowest BCUT2D eigenvalue weighted by Gasteiger charge is -2.29. The van der Waals surface area contributed by atoms with Crippen molar-refractivity contribution < 1.29 is 14.3 Å². The lowest BCUT2D eigenvalue weighted by atomic mass is 9.99. The maximum absolute atomic E-state index is 13.5. The van der Waals surface area contributed by atoms with E-state index in [1.165, 1.54) is 4.90 Å². The minimum absolute atomic E-state index is 0.0114. The molecule has 1 aliphatic rings. The second kappa shape index (κ2) is 10.2. The van der Waals surface area contributed by atoms with Crippen molar-refractivity contribution in [1.82, 2.24) is 10.3 Å². The van der Waals surface area contributed by atoms with Gasteiger partial charge >= 0.3 is 0 Å². The summed E-state index contributed by atoms with van der Waals surface area (Å²) in [6.07, 6.45) is 4.83. The number of pyridine rings is 1. The molecule has 3 aromatic carbocycles. The summed E-state index contributed by atoms with van der Waals surface area (Å²) >= 11 is 8.82. The molecule has 0 atom stereocenters. The van der Waals surface area contributed by atoms with E-state index in [2.05, 4.69) is 26.2 Å². The molecule has 1 saturated heterocycles. The molecule has 1 fully saturated rings. The van der Waals surface area contributed by atoms with Crippen LogP contribution < -0.4 is 15.0 Å². The molecule has 1 aliphatic heterocycles. The molecule has 2 amide bonds. The van der Waals surface area contributed by atoms with Crippen LogP contribution in [0.5, 0.6) is 11.5 Å². The van der Waals surface area contributed by atoms with Crippen molar-refractivity contribution >= 4 is 56.8 Å². The number of nitrogens with zero attached hydrogens (tertiary/aromatic N) is 2. The Morgan fingerprint density at radius 3 is 2.42 bits per heavy atom. The van der Waals surface area contributed by atoms with E-state index >= 15 is 0 Å². The minimum atomic E-state index is -0.561. The first-order valence-electron chi connectivity index (χ1n) is 10.9. The fraction of sp³-hybridized carbons (Fsp3) is 0. The number of rotatable bonds is 5. The third-order valence-corrected chi connectivity index (χ3v) is 6.24. The normalized spacial score (nSPS) is 14.6. The van der Waals surface area contributed by atoms with Crippen molar-refractivity contribution in [3.05, 3.63) is 113 Å². The monoisotopic (exact) mass is 555 g/mol. The van der Waals surface area contributed by atoms with Crippen LogP contribution in [0.15, 0.2) is 107 Å². The SMILES string of the molecule is O=C1NC(=S)N(c2ccc(Oc3ccccc3)cc2)C(=O)C1=Cc1cnccc1-c1cccc(Br)c1. The van der Waals surface area contributed by atoms with Gasteiger partial charge in [-0.15, -0.1) is 0 Å². The molecule has 36 heavy (non-hydrogen) atoms. The first kappa shape index (κ1) is 23.6. The van der Waals surface area contributed by atoms with Crippen molar-refractivity contribution in [1.29, 1.82) is 0 Å². The maximum Gasteiger partial charge on any atom is 0.270 e. The molecule has 0 saturated carbocycles. The topological polar surface area (TPSA) is 71.5 Å². The molecule has 176 valence electrons. The summed E-state index contributed by atoms with van der Waals surface area (Å²) in [4.78, 5) is 31.8. The Bertz CT molecular complexity index is 1500. The number of para-hydroxylation sites is 1. The number of amides is 2. The lowest BCUT2D eigenvalue weighted by Crippen LogP contribution is -2.54. The molecule has 2 heterocycles. The van der Waals surface area contributed by atoms with Crippen LogP contribution in [0.3, 0.4) is 0 Å². The number of hydrogen-bond acceptors (Lipinski definition) is 5. The van der Waals surface area contributed by atoms with Crippen molar-refractivity contribution in [3.8, 4) is 22.6 Å². The van der Waals surface area contributed by atoms with Gasteiger partial charge in [-0.1, -0.05) is 46.3 Å². The summed E-state index contributed by atoms with van der Waals surface area (Å²) in [5.41, 5.74) is 2.85. The van der Waals surface area contributed by atoms with Crippen LogP contribution in [0.25, 0.3) is 17.2 Å². The number of benzene rings is 3. The average Bonchev–Trinajstić information content (AvgIpc) is 2.88. The van der Waals surface area contributed by atoms with E-state index in [-0.39, 0.29) is 10.7 Å². The summed E-state index contributed by atoms with van der Waals surface area (Å²) in [5.74, 6) is 0.220. The van der Waals surface area contributed by atoms with Crippen LogP contribution >= 0.6 is 28.1 Å². The first-order valence-corrected chi connectivity index (χ1v) is 12.1. The predicted molar refractivity (Wildman–Crippen MR) is 147 cm³/mol. The van der Waals surface area contributed by atoms with Gasteiger partial charge in [-0.25, -0.2) is 0 Å². The van der Waals surface area contributed by atoms with Gasteiger partial charge in [0.15, 0.2) is 5.11 Å². The van der Waals surface area contributed by atoms with E-state index < -0.39 is 11.8 Å². The summed E-state index contributed by atoms with van der Waals surface area (Å²) in [5, 5.41) is 2.63. The number of halogens is 1. The molecule has 0 spiro atoms. The molecular weight excluding hydrogens is 538 g/mol. The standard InChI is InChI=1S/C28H18BrN3O3S/c29-20-6-4-5-18(15-20)24-13-14-30-17-19(24)16-25-26(33)31-28(36)32(27(25)34)21-9-11-23(12-10-21)35-22-7-2-1-3-8-22/h1-17H,(H,31,33,36).